The Morgan fingerprint density at radius 2 is 1.91 bits per heavy atom. The van der Waals surface area contributed by atoms with Crippen molar-refractivity contribution in [1.82, 2.24) is 4.90 Å². The maximum atomic E-state index is 14.7. The number of carbonyl (C=O) groups excluding carboxylic acids is 1. The van der Waals surface area contributed by atoms with Gasteiger partial charge in [-0.05, 0) is 56.9 Å². The third-order valence-electron chi connectivity index (χ3n) is 6.96. The normalized spacial score (nSPS) is 19.4. The van der Waals surface area contributed by atoms with E-state index in [4.69, 9.17) is 4.74 Å². The first-order valence-corrected chi connectivity index (χ1v) is 11.9. The van der Waals surface area contributed by atoms with Gasteiger partial charge in [0.2, 0.25) is 0 Å². The molecule has 1 aliphatic rings. The highest BCUT2D eigenvalue weighted by atomic mass is 19.3. The van der Waals surface area contributed by atoms with E-state index in [1.54, 1.807) is 6.07 Å². The summed E-state index contributed by atoms with van der Waals surface area (Å²) in [7, 11) is 1.29. The van der Waals surface area contributed by atoms with Gasteiger partial charge in [-0.25, -0.2) is 13.6 Å². The molecule has 1 saturated heterocycles. The van der Waals surface area contributed by atoms with E-state index in [1.807, 2.05) is 19.9 Å². The van der Waals surface area contributed by atoms with E-state index < -0.39 is 11.9 Å². The summed E-state index contributed by atoms with van der Waals surface area (Å²) in [5.74, 6) is -3.58. The number of hydrogen-bond acceptors (Lipinski definition) is 4. The van der Waals surface area contributed by atoms with Crippen LogP contribution in [0.15, 0.2) is 42.5 Å². The lowest BCUT2D eigenvalue weighted by atomic mass is 9.92. The smallest absolute Gasteiger partial charge is 0.338 e. The summed E-state index contributed by atoms with van der Waals surface area (Å²) in [5, 5.41) is 0. The fourth-order valence-corrected chi connectivity index (χ4v) is 4.89. The van der Waals surface area contributed by atoms with Crippen molar-refractivity contribution >= 4 is 11.7 Å². The number of rotatable bonds is 8. The number of hydrogen-bond donors (Lipinski definition) is 0. The first kappa shape index (κ1) is 25.2. The van der Waals surface area contributed by atoms with Gasteiger partial charge >= 0.3 is 5.97 Å². The Bertz CT molecular complexity index is 949. The topological polar surface area (TPSA) is 32.8 Å². The molecule has 180 valence electrons. The van der Waals surface area contributed by atoms with Crippen molar-refractivity contribution < 1.29 is 18.3 Å². The maximum Gasteiger partial charge on any atom is 0.338 e. The number of benzene rings is 2. The molecule has 6 heteroatoms. The van der Waals surface area contributed by atoms with Crippen LogP contribution in [-0.2, 0) is 17.2 Å². The van der Waals surface area contributed by atoms with Crippen LogP contribution in [-0.4, -0.2) is 43.2 Å². The first-order valence-electron chi connectivity index (χ1n) is 11.9. The zero-order valence-corrected chi connectivity index (χ0v) is 20.4. The van der Waals surface area contributed by atoms with E-state index in [2.05, 4.69) is 41.0 Å². The lowest BCUT2D eigenvalue weighted by Crippen LogP contribution is -2.49. The minimum absolute atomic E-state index is 0.126. The summed E-state index contributed by atoms with van der Waals surface area (Å²) in [6, 6.07) is 13.9. The van der Waals surface area contributed by atoms with Crippen LogP contribution in [0.25, 0.3) is 0 Å². The summed E-state index contributed by atoms with van der Waals surface area (Å²) >= 11 is 0. The first-order chi connectivity index (χ1) is 15.7. The highest BCUT2D eigenvalue weighted by Gasteiger charge is 2.34. The Balaban J connectivity index is 1.89. The number of anilines is 1. The highest BCUT2D eigenvalue weighted by Crippen LogP contribution is 2.38. The molecule has 2 aromatic rings. The van der Waals surface area contributed by atoms with E-state index in [1.165, 1.54) is 25.7 Å². The molecule has 0 spiro atoms. The third-order valence-corrected chi connectivity index (χ3v) is 6.96. The molecule has 0 amide bonds. The number of ether oxygens (including phenoxy) is 1. The average molecular weight is 459 g/mol. The molecule has 0 N–H and O–H groups in total. The summed E-state index contributed by atoms with van der Waals surface area (Å²) in [6.45, 7) is 10.1. The second kappa shape index (κ2) is 10.6. The molecule has 1 aliphatic heterocycles. The molecule has 0 saturated carbocycles. The zero-order chi connectivity index (χ0) is 24.2. The van der Waals surface area contributed by atoms with Crippen molar-refractivity contribution in [2.24, 2.45) is 0 Å². The van der Waals surface area contributed by atoms with E-state index >= 15 is 0 Å². The molecule has 33 heavy (non-hydrogen) atoms. The van der Waals surface area contributed by atoms with Gasteiger partial charge in [0.15, 0.2) is 0 Å². The van der Waals surface area contributed by atoms with Gasteiger partial charge in [0.1, 0.15) is 0 Å². The molecule has 2 unspecified atom stereocenters. The number of nitrogens with zero attached hydrogens (tertiary/aromatic N) is 2. The SMILES string of the molecule is CCN(c1cc(C(F)(F)CC)cc(C(=O)OC)c1C)C1CCN(Cc2ccccc2)C(C)C1. The Morgan fingerprint density at radius 3 is 2.48 bits per heavy atom. The predicted octanol–water partition coefficient (Wildman–Crippen LogP) is 6.16. The quantitative estimate of drug-likeness (QED) is 0.443. The molecule has 0 bridgehead atoms. The minimum Gasteiger partial charge on any atom is -0.465 e. The maximum absolute atomic E-state index is 14.7. The van der Waals surface area contributed by atoms with Crippen LogP contribution in [0.5, 0.6) is 0 Å². The Hall–Kier alpha value is -2.47. The number of piperidine rings is 1. The van der Waals surface area contributed by atoms with Crippen molar-refractivity contribution in [3.8, 4) is 0 Å². The number of esters is 1. The van der Waals surface area contributed by atoms with Crippen molar-refractivity contribution in [3.05, 3.63) is 64.7 Å². The van der Waals surface area contributed by atoms with Gasteiger partial charge in [0.05, 0.1) is 12.7 Å². The third kappa shape index (κ3) is 5.55. The monoisotopic (exact) mass is 458 g/mol. The Kier molecular flexibility index (Phi) is 8.11. The lowest BCUT2D eigenvalue weighted by molar-refractivity contribution is -0.00834. The Morgan fingerprint density at radius 1 is 1.21 bits per heavy atom. The molecular formula is C27H36F2N2O2. The van der Waals surface area contributed by atoms with Gasteiger partial charge in [-0.1, -0.05) is 37.3 Å². The number of carbonyl (C=O) groups is 1. The molecule has 0 radical (unpaired) electrons. The highest BCUT2D eigenvalue weighted by molar-refractivity contribution is 5.93. The molecule has 0 aromatic heterocycles. The van der Waals surface area contributed by atoms with Gasteiger partial charge in [-0.15, -0.1) is 0 Å². The lowest BCUT2D eigenvalue weighted by Gasteiger charge is -2.43. The molecule has 1 fully saturated rings. The second-order valence-electron chi connectivity index (χ2n) is 8.99. The molecule has 2 atom stereocenters. The van der Waals surface area contributed by atoms with Crippen molar-refractivity contribution in [1.29, 1.82) is 0 Å². The van der Waals surface area contributed by atoms with Crippen LogP contribution in [0, 0.1) is 6.92 Å². The van der Waals surface area contributed by atoms with Crippen LogP contribution in [0.2, 0.25) is 0 Å². The largest absolute Gasteiger partial charge is 0.465 e. The fourth-order valence-electron chi connectivity index (χ4n) is 4.89. The molecule has 2 aromatic carbocycles. The van der Waals surface area contributed by atoms with Crippen LogP contribution in [0.3, 0.4) is 0 Å². The second-order valence-corrected chi connectivity index (χ2v) is 8.99. The zero-order valence-electron chi connectivity index (χ0n) is 20.4. The summed E-state index contributed by atoms with van der Waals surface area (Å²) in [4.78, 5) is 17.1. The standard InChI is InChI=1S/C27H36F2N2O2/c1-6-27(28,29)22-16-24(26(32)33-5)20(4)25(17-22)31(7-2)23-13-14-30(19(3)15-23)18-21-11-9-8-10-12-21/h8-12,16-17,19,23H,6-7,13-15,18H2,1-5H3. The van der Waals surface area contributed by atoms with E-state index in [9.17, 15) is 13.6 Å². The minimum atomic E-state index is -3.00. The van der Waals surface area contributed by atoms with Gasteiger partial charge in [-0.2, -0.15) is 0 Å². The van der Waals surface area contributed by atoms with E-state index in [0.29, 0.717) is 23.8 Å². The molecular weight excluding hydrogens is 422 g/mol. The Labute approximate surface area is 196 Å². The summed E-state index contributed by atoms with van der Waals surface area (Å²) in [5.41, 5.74) is 2.78. The van der Waals surface area contributed by atoms with Crippen LogP contribution in [0.4, 0.5) is 14.5 Å². The summed E-state index contributed by atoms with van der Waals surface area (Å²) < 4.78 is 34.3. The van der Waals surface area contributed by atoms with Crippen molar-refractivity contribution in [2.75, 3.05) is 25.1 Å². The van der Waals surface area contributed by atoms with Crippen LogP contribution in [0.1, 0.15) is 67.1 Å². The number of halogens is 2. The fraction of sp³-hybridized carbons (Fsp3) is 0.519. The van der Waals surface area contributed by atoms with Gasteiger partial charge in [-0.3, -0.25) is 4.90 Å². The number of alkyl halides is 2. The van der Waals surface area contributed by atoms with Crippen LogP contribution < -0.4 is 4.90 Å². The van der Waals surface area contributed by atoms with E-state index in [-0.39, 0.29) is 23.6 Å². The predicted molar refractivity (Wildman–Crippen MR) is 129 cm³/mol. The molecule has 1 heterocycles. The van der Waals surface area contributed by atoms with Gasteiger partial charge < -0.3 is 9.64 Å². The molecule has 3 rings (SSSR count). The number of methoxy groups -OCH3 is 1. The van der Waals surface area contributed by atoms with Crippen LogP contribution >= 0.6 is 0 Å². The van der Waals surface area contributed by atoms with Gasteiger partial charge in [0.25, 0.3) is 5.92 Å². The molecule has 4 nitrogen and oxygen atoms in total. The van der Waals surface area contributed by atoms with Crippen molar-refractivity contribution in [2.45, 2.75) is 71.5 Å². The van der Waals surface area contributed by atoms with Crippen molar-refractivity contribution in [3.63, 3.8) is 0 Å². The summed E-state index contributed by atoms with van der Waals surface area (Å²) in [6.07, 6.45) is 1.55. The molecule has 0 aliphatic carbocycles. The average Bonchev–Trinajstić information content (AvgIpc) is 2.82. The number of likely N-dealkylation sites (tertiary alicyclic amines) is 1. The van der Waals surface area contributed by atoms with Gasteiger partial charge in [0, 0.05) is 49.4 Å². The van der Waals surface area contributed by atoms with E-state index in [0.717, 1.165) is 25.9 Å².